The number of nitrogen functional groups attached to an aromatic ring is 1. The van der Waals surface area contributed by atoms with Crippen LogP contribution in [0.1, 0.15) is 16.8 Å². The van der Waals surface area contributed by atoms with E-state index in [1.54, 1.807) is 25.1 Å². The summed E-state index contributed by atoms with van der Waals surface area (Å²) in [6.45, 7) is 1.78. The van der Waals surface area contributed by atoms with Crippen LogP contribution in [0.4, 0.5) is 19.0 Å². The molecule has 0 saturated heterocycles. The molecule has 0 aliphatic carbocycles. The molecule has 5 nitrogen and oxygen atoms in total. The third-order valence-corrected chi connectivity index (χ3v) is 3.59. The van der Waals surface area contributed by atoms with Gasteiger partial charge in [0.1, 0.15) is 23.1 Å². The third-order valence-electron chi connectivity index (χ3n) is 3.59. The zero-order chi connectivity index (χ0) is 18.2. The van der Waals surface area contributed by atoms with Crippen molar-refractivity contribution in [3.05, 3.63) is 59.3 Å². The Morgan fingerprint density at radius 3 is 2.52 bits per heavy atom. The number of benzene rings is 1. The van der Waals surface area contributed by atoms with Crippen molar-refractivity contribution in [2.75, 3.05) is 5.73 Å². The van der Waals surface area contributed by atoms with E-state index in [1.807, 2.05) is 6.07 Å². The minimum atomic E-state index is -4.49. The fourth-order valence-corrected chi connectivity index (χ4v) is 2.41. The molecular weight excluding hydrogens is 331 g/mol. The number of anilines is 1. The maximum Gasteiger partial charge on any atom is 0.416 e. The molecule has 3 aromatic rings. The summed E-state index contributed by atoms with van der Waals surface area (Å²) in [5.41, 5.74) is 6.10. The second kappa shape index (κ2) is 5.94. The summed E-state index contributed by atoms with van der Waals surface area (Å²) in [6.07, 6.45) is -4.49. The molecule has 0 unspecified atom stereocenters. The van der Waals surface area contributed by atoms with E-state index in [2.05, 4.69) is 10.1 Å². The molecule has 25 heavy (non-hydrogen) atoms. The standard InChI is InChI=1S/C17H12F3N5/c1-10-4-2-7-14(23-10)25-16(22)13(9-21)15(24-25)11-5-3-6-12(8-11)17(18,19)20/h2-8H,22H2,1H3. The Kier molecular flexibility index (Phi) is 3.93. The molecular formula is C17H12F3N5. The van der Waals surface area contributed by atoms with Crippen LogP contribution in [0.25, 0.3) is 17.1 Å². The Bertz CT molecular complexity index is 983. The first-order valence-corrected chi connectivity index (χ1v) is 7.21. The zero-order valence-electron chi connectivity index (χ0n) is 13.0. The molecule has 2 heterocycles. The van der Waals surface area contributed by atoms with Crippen LogP contribution in [0.3, 0.4) is 0 Å². The van der Waals surface area contributed by atoms with Gasteiger partial charge in [0.15, 0.2) is 5.82 Å². The van der Waals surface area contributed by atoms with E-state index in [0.29, 0.717) is 11.5 Å². The zero-order valence-corrected chi connectivity index (χ0v) is 13.0. The summed E-state index contributed by atoms with van der Waals surface area (Å²) < 4.78 is 40.1. The van der Waals surface area contributed by atoms with Gasteiger partial charge in [-0.2, -0.15) is 28.2 Å². The van der Waals surface area contributed by atoms with Crippen molar-refractivity contribution in [1.82, 2.24) is 14.8 Å². The smallest absolute Gasteiger partial charge is 0.382 e. The van der Waals surface area contributed by atoms with Crippen LogP contribution in [0.15, 0.2) is 42.5 Å². The van der Waals surface area contributed by atoms with Crippen LogP contribution in [-0.2, 0) is 6.18 Å². The molecule has 8 heteroatoms. The Balaban J connectivity index is 2.19. The number of alkyl halides is 3. The minimum Gasteiger partial charge on any atom is -0.382 e. The normalized spacial score (nSPS) is 11.3. The summed E-state index contributed by atoms with van der Waals surface area (Å²) in [6, 6.07) is 11.7. The van der Waals surface area contributed by atoms with Gasteiger partial charge in [0.05, 0.1) is 5.56 Å². The molecule has 0 atom stereocenters. The predicted octanol–water partition coefficient (Wildman–Crippen LogP) is 3.72. The average Bonchev–Trinajstić information content (AvgIpc) is 2.91. The Hall–Kier alpha value is -3.34. The molecule has 1 aromatic carbocycles. The van der Waals surface area contributed by atoms with Crippen molar-refractivity contribution in [3.63, 3.8) is 0 Å². The van der Waals surface area contributed by atoms with Crippen molar-refractivity contribution >= 4 is 5.82 Å². The third kappa shape index (κ3) is 3.04. The van der Waals surface area contributed by atoms with E-state index in [1.165, 1.54) is 16.8 Å². The summed E-state index contributed by atoms with van der Waals surface area (Å²) in [5, 5.41) is 13.6. The summed E-state index contributed by atoms with van der Waals surface area (Å²) >= 11 is 0. The maximum atomic E-state index is 12.9. The topological polar surface area (TPSA) is 80.5 Å². The van der Waals surface area contributed by atoms with Gasteiger partial charge >= 0.3 is 6.18 Å². The number of aromatic nitrogens is 3. The molecule has 3 rings (SSSR count). The summed E-state index contributed by atoms with van der Waals surface area (Å²) in [5.74, 6) is 0.403. The molecule has 126 valence electrons. The monoisotopic (exact) mass is 343 g/mol. The highest BCUT2D eigenvalue weighted by molar-refractivity contribution is 5.74. The Morgan fingerprint density at radius 1 is 1.16 bits per heavy atom. The number of nitriles is 1. The van der Waals surface area contributed by atoms with Crippen LogP contribution in [-0.4, -0.2) is 14.8 Å². The van der Waals surface area contributed by atoms with E-state index in [0.717, 1.165) is 12.1 Å². The second-order valence-corrected chi connectivity index (χ2v) is 5.35. The van der Waals surface area contributed by atoms with Crippen LogP contribution in [0.5, 0.6) is 0 Å². The molecule has 2 aromatic heterocycles. The first-order valence-electron chi connectivity index (χ1n) is 7.21. The lowest BCUT2D eigenvalue weighted by atomic mass is 10.1. The Labute approximate surface area is 141 Å². The van der Waals surface area contributed by atoms with E-state index < -0.39 is 11.7 Å². The summed E-state index contributed by atoms with van der Waals surface area (Å²) in [4.78, 5) is 4.27. The van der Waals surface area contributed by atoms with E-state index in [-0.39, 0.29) is 22.6 Å². The molecule has 0 aliphatic heterocycles. The van der Waals surface area contributed by atoms with Gasteiger partial charge in [0.2, 0.25) is 0 Å². The molecule has 0 radical (unpaired) electrons. The molecule has 2 N–H and O–H groups in total. The van der Waals surface area contributed by atoms with Crippen molar-refractivity contribution in [1.29, 1.82) is 5.26 Å². The molecule has 0 fully saturated rings. The second-order valence-electron chi connectivity index (χ2n) is 5.35. The van der Waals surface area contributed by atoms with Crippen LogP contribution in [0.2, 0.25) is 0 Å². The number of halogens is 3. The molecule has 0 saturated carbocycles. The lowest BCUT2D eigenvalue weighted by Crippen LogP contribution is -2.05. The fraction of sp³-hybridized carbons (Fsp3) is 0.118. The first-order chi connectivity index (χ1) is 11.8. The highest BCUT2D eigenvalue weighted by Gasteiger charge is 2.31. The average molecular weight is 343 g/mol. The van der Waals surface area contributed by atoms with Gasteiger partial charge in [0.25, 0.3) is 0 Å². The minimum absolute atomic E-state index is 0.00244. The number of hydrogen-bond donors (Lipinski definition) is 1. The molecule has 0 amide bonds. The number of rotatable bonds is 2. The number of hydrogen-bond acceptors (Lipinski definition) is 4. The van der Waals surface area contributed by atoms with E-state index >= 15 is 0 Å². The SMILES string of the molecule is Cc1cccc(-n2nc(-c3cccc(C(F)(F)F)c3)c(C#N)c2N)n1. The van der Waals surface area contributed by atoms with Gasteiger partial charge in [-0.1, -0.05) is 18.2 Å². The number of nitrogens with two attached hydrogens (primary N) is 1. The Morgan fingerprint density at radius 2 is 1.88 bits per heavy atom. The van der Waals surface area contributed by atoms with Gasteiger partial charge in [-0.3, -0.25) is 0 Å². The van der Waals surface area contributed by atoms with Gasteiger partial charge in [-0.05, 0) is 31.2 Å². The summed E-state index contributed by atoms with van der Waals surface area (Å²) in [7, 11) is 0. The lowest BCUT2D eigenvalue weighted by molar-refractivity contribution is -0.137. The van der Waals surface area contributed by atoms with Gasteiger partial charge in [-0.25, -0.2) is 4.98 Å². The predicted molar refractivity (Wildman–Crippen MR) is 85.7 cm³/mol. The highest BCUT2D eigenvalue weighted by Crippen LogP contribution is 2.34. The molecule has 0 aliphatic rings. The maximum absolute atomic E-state index is 12.9. The fourth-order valence-electron chi connectivity index (χ4n) is 2.41. The highest BCUT2D eigenvalue weighted by atomic mass is 19.4. The first kappa shape index (κ1) is 16.5. The largest absolute Gasteiger partial charge is 0.416 e. The van der Waals surface area contributed by atoms with Gasteiger partial charge in [0, 0.05) is 11.3 Å². The lowest BCUT2D eigenvalue weighted by Gasteiger charge is -2.07. The quantitative estimate of drug-likeness (QED) is 0.769. The van der Waals surface area contributed by atoms with Gasteiger partial charge in [-0.15, -0.1) is 0 Å². The van der Waals surface area contributed by atoms with Crippen LogP contribution in [0, 0.1) is 18.3 Å². The van der Waals surface area contributed by atoms with Crippen LogP contribution < -0.4 is 5.73 Å². The van der Waals surface area contributed by atoms with Gasteiger partial charge < -0.3 is 5.73 Å². The molecule has 0 bridgehead atoms. The number of aryl methyl sites for hydroxylation is 1. The van der Waals surface area contributed by atoms with Crippen molar-refractivity contribution in [2.45, 2.75) is 13.1 Å². The van der Waals surface area contributed by atoms with Crippen molar-refractivity contribution in [2.24, 2.45) is 0 Å². The van der Waals surface area contributed by atoms with E-state index in [9.17, 15) is 18.4 Å². The molecule has 0 spiro atoms. The van der Waals surface area contributed by atoms with E-state index in [4.69, 9.17) is 5.73 Å². The van der Waals surface area contributed by atoms with Crippen molar-refractivity contribution in [3.8, 4) is 23.1 Å². The number of pyridine rings is 1. The van der Waals surface area contributed by atoms with Crippen molar-refractivity contribution < 1.29 is 13.2 Å². The number of nitrogens with zero attached hydrogens (tertiary/aromatic N) is 4. The van der Waals surface area contributed by atoms with Crippen LogP contribution >= 0.6 is 0 Å².